The molecule has 0 radical (unpaired) electrons. The van der Waals surface area contributed by atoms with Crippen LogP contribution in [0.5, 0.6) is 0 Å². The number of pyridine rings is 1. The number of fused-ring (bicyclic) bond motifs is 1. The van der Waals surface area contributed by atoms with Crippen LogP contribution in [0, 0.1) is 6.92 Å². The van der Waals surface area contributed by atoms with Crippen molar-refractivity contribution in [3.8, 4) is 0 Å². The van der Waals surface area contributed by atoms with Crippen LogP contribution in [0.15, 0.2) is 24.3 Å². The molecule has 0 bridgehead atoms. The van der Waals surface area contributed by atoms with E-state index in [4.69, 9.17) is 11.6 Å². The van der Waals surface area contributed by atoms with E-state index in [0.717, 1.165) is 28.9 Å². The van der Waals surface area contributed by atoms with Gasteiger partial charge in [0.1, 0.15) is 0 Å². The van der Waals surface area contributed by atoms with Gasteiger partial charge in [-0.05, 0) is 31.4 Å². The Bertz CT molecular complexity index is 640. The SMILES string of the molecule is CSCCN(C)C(=O)c1cc(C)nc2cc(Cl)ccc12. The normalized spacial score (nSPS) is 10.8. The number of rotatable bonds is 4. The van der Waals surface area contributed by atoms with Crippen molar-refractivity contribution >= 4 is 40.2 Å². The van der Waals surface area contributed by atoms with E-state index in [1.807, 2.05) is 32.4 Å². The molecule has 0 fully saturated rings. The fourth-order valence-electron chi connectivity index (χ4n) is 2.05. The third-order valence-corrected chi connectivity index (χ3v) is 3.93. The van der Waals surface area contributed by atoms with Crippen LogP contribution in [0.1, 0.15) is 16.1 Å². The lowest BCUT2D eigenvalue weighted by Gasteiger charge is -2.18. The Hall–Kier alpha value is -1.26. The average Bonchev–Trinajstić information content (AvgIpc) is 2.42. The summed E-state index contributed by atoms with van der Waals surface area (Å²) in [6.45, 7) is 2.62. The third-order valence-electron chi connectivity index (χ3n) is 3.11. The monoisotopic (exact) mass is 308 g/mol. The molecule has 0 aliphatic rings. The van der Waals surface area contributed by atoms with Gasteiger partial charge in [0.2, 0.25) is 0 Å². The van der Waals surface area contributed by atoms with Crippen LogP contribution >= 0.6 is 23.4 Å². The average molecular weight is 309 g/mol. The maximum atomic E-state index is 12.6. The predicted molar refractivity (Wildman–Crippen MR) is 86.8 cm³/mol. The Kier molecular flexibility index (Phi) is 4.89. The molecular weight excluding hydrogens is 292 g/mol. The number of carbonyl (C=O) groups excluding carboxylic acids is 1. The lowest BCUT2D eigenvalue weighted by Crippen LogP contribution is -2.29. The molecule has 20 heavy (non-hydrogen) atoms. The Morgan fingerprint density at radius 2 is 2.15 bits per heavy atom. The van der Waals surface area contributed by atoms with Crippen LogP contribution in [-0.4, -0.2) is 41.4 Å². The van der Waals surface area contributed by atoms with Crippen LogP contribution in [0.4, 0.5) is 0 Å². The second-order valence-electron chi connectivity index (χ2n) is 4.69. The van der Waals surface area contributed by atoms with Gasteiger partial charge in [0.15, 0.2) is 0 Å². The molecule has 0 aliphatic carbocycles. The lowest BCUT2D eigenvalue weighted by atomic mass is 10.1. The Morgan fingerprint density at radius 1 is 1.40 bits per heavy atom. The summed E-state index contributed by atoms with van der Waals surface area (Å²) in [5, 5.41) is 1.48. The molecule has 0 saturated carbocycles. The zero-order valence-electron chi connectivity index (χ0n) is 11.8. The largest absolute Gasteiger partial charge is 0.341 e. The van der Waals surface area contributed by atoms with Crippen molar-refractivity contribution in [2.75, 3.05) is 25.6 Å². The van der Waals surface area contributed by atoms with Crippen molar-refractivity contribution < 1.29 is 4.79 Å². The standard InChI is InChI=1S/C15H17ClN2OS/c1-10-8-13(15(19)18(2)6-7-20-3)12-5-4-11(16)9-14(12)17-10/h4-5,8-9H,6-7H2,1-3H3. The van der Waals surface area contributed by atoms with E-state index in [0.29, 0.717) is 10.6 Å². The highest BCUT2D eigenvalue weighted by Crippen LogP contribution is 2.23. The van der Waals surface area contributed by atoms with E-state index in [9.17, 15) is 4.79 Å². The maximum absolute atomic E-state index is 12.6. The number of nitrogens with zero attached hydrogens (tertiary/aromatic N) is 2. The quantitative estimate of drug-likeness (QED) is 0.864. The van der Waals surface area contributed by atoms with Gasteiger partial charge in [-0.1, -0.05) is 17.7 Å². The van der Waals surface area contributed by atoms with Crippen molar-refractivity contribution in [1.82, 2.24) is 9.88 Å². The van der Waals surface area contributed by atoms with Gasteiger partial charge in [0, 0.05) is 35.4 Å². The summed E-state index contributed by atoms with van der Waals surface area (Å²) in [5.41, 5.74) is 2.27. The summed E-state index contributed by atoms with van der Waals surface area (Å²) in [7, 11) is 1.83. The summed E-state index contributed by atoms with van der Waals surface area (Å²) in [6, 6.07) is 7.29. The highest BCUT2D eigenvalue weighted by atomic mass is 35.5. The first-order chi connectivity index (χ1) is 9.52. The molecular formula is C15H17ClN2OS. The molecule has 1 heterocycles. The van der Waals surface area contributed by atoms with Crippen LogP contribution in [0.2, 0.25) is 5.02 Å². The summed E-state index contributed by atoms with van der Waals surface area (Å²) in [4.78, 5) is 18.7. The number of halogens is 1. The molecule has 5 heteroatoms. The molecule has 2 rings (SSSR count). The van der Waals surface area contributed by atoms with Gasteiger partial charge in [0.05, 0.1) is 11.1 Å². The van der Waals surface area contributed by atoms with Crippen LogP contribution in [0.25, 0.3) is 10.9 Å². The number of aryl methyl sites for hydroxylation is 1. The maximum Gasteiger partial charge on any atom is 0.254 e. The smallest absolute Gasteiger partial charge is 0.254 e. The number of aromatic nitrogens is 1. The second-order valence-corrected chi connectivity index (χ2v) is 6.11. The highest BCUT2D eigenvalue weighted by Gasteiger charge is 2.16. The van der Waals surface area contributed by atoms with Crippen LogP contribution < -0.4 is 0 Å². The first-order valence-electron chi connectivity index (χ1n) is 6.34. The van der Waals surface area contributed by atoms with Gasteiger partial charge in [-0.15, -0.1) is 0 Å². The zero-order valence-corrected chi connectivity index (χ0v) is 13.4. The van der Waals surface area contributed by atoms with Gasteiger partial charge in [0.25, 0.3) is 5.91 Å². The molecule has 0 saturated heterocycles. The van der Waals surface area contributed by atoms with Crippen molar-refractivity contribution in [1.29, 1.82) is 0 Å². The molecule has 0 unspecified atom stereocenters. The summed E-state index contributed by atoms with van der Waals surface area (Å²) < 4.78 is 0. The molecule has 0 aliphatic heterocycles. The fraction of sp³-hybridized carbons (Fsp3) is 0.333. The van der Waals surface area contributed by atoms with Gasteiger partial charge in [-0.2, -0.15) is 11.8 Å². The number of amides is 1. The second kappa shape index (κ2) is 6.46. The first kappa shape index (κ1) is 15.1. The van der Waals surface area contributed by atoms with E-state index in [-0.39, 0.29) is 5.91 Å². The molecule has 3 nitrogen and oxygen atoms in total. The van der Waals surface area contributed by atoms with Crippen LogP contribution in [-0.2, 0) is 0 Å². The Balaban J connectivity index is 2.45. The molecule has 1 aromatic heterocycles. The number of hydrogen-bond donors (Lipinski definition) is 0. The Morgan fingerprint density at radius 3 is 2.85 bits per heavy atom. The highest BCUT2D eigenvalue weighted by molar-refractivity contribution is 7.98. The van der Waals surface area contributed by atoms with E-state index in [2.05, 4.69) is 4.98 Å². The van der Waals surface area contributed by atoms with E-state index in [1.54, 1.807) is 28.8 Å². The minimum Gasteiger partial charge on any atom is -0.341 e. The molecule has 2 aromatic rings. The van der Waals surface area contributed by atoms with Gasteiger partial charge < -0.3 is 4.90 Å². The molecule has 0 N–H and O–H groups in total. The number of carbonyl (C=O) groups is 1. The van der Waals surface area contributed by atoms with Crippen LogP contribution in [0.3, 0.4) is 0 Å². The van der Waals surface area contributed by atoms with Crippen molar-refractivity contribution in [3.63, 3.8) is 0 Å². The summed E-state index contributed by atoms with van der Waals surface area (Å²) in [5.74, 6) is 0.952. The summed E-state index contributed by atoms with van der Waals surface area (Å²) in [6.07, 6.45) is 2.03. The van der Waals surface area contributed by atoms with E-state index in [1.165, 1.54) is 0 Å². The van der Waals surface area contributed by atoms with Gasteiger partial charge in [-0.25, -0.2) is 0 Å². The predicted octanol–water partition coefficient (Wildman–Crippen LogP) is 3.63. The molecule has 0 spiro atoms. The molecule has 0 atom stereocenters. The van der Waals surface area contributed by atoms with Gasteiger partial charge >= 0.3 is 0 Å². The molecule has 1 amide bonds. The van der Waals surface area contributed by atoms with Crippen molar-refractivity contribution in [2.45, 2.75) is 6.92 Å². The first-order valence-corrected chi connectivity index (χ1v) is 8.11. The third kappa shape index (κ3) is 3.25. The minimum absolute atomic E-state index is 0.0249. The summed E-state index contributed by atoms with van der Waals surface area (Å²) >= 11 is 7.72. The number of benzene rings is 1. The lowest BCUT2D eigenvalue weighted by molar-refractivity contribution is 0.0805. The molecule has 1 aromatic carbocycles. The topological polar surface area (TPSA) is 33.2 Å². The molecule has 106 valence electrons. The van der Waals surface area contributed by atoms with E-state index < -0.39 is 0 Å². The number of hydrogen-bond acceptors (Lipinski definition) is 3. The fourth-order valence-corrected chi connectivity index (χ4v) is 2.67. The van der Waals surface area contributed by atoms with Crippen molar-refractivity contribution in [3.05, 3.63) is 40.5 Å². The zero-order chi connectivity index (χ0) is 14.7. The van der Waals surface area contributed by atoms with Crippen molar-refractivity contribution in [2.24, 2.45) is 0 Å². The van der Waals surface area contributed by atoms with Gasteiger partial charge in [-0.3, -0.25) is 9.78 Å². The minimum atomic E-state index is 0.0249. The number of thioether (sulfide) groups is 1. The Labute approximate surface area is 128 Å². The van der Waals surface area contributed by atoms with E-state index >= 15 is 0 Å².